The van der Waals surface area contributed by atoms with Gasteiger partial charge < -0.3 is 9.47 Å². The first-order valence-corrected chi connectivity index (χ1v) is 9.58. The predicted octanol–water partition coefficient (Wildman–Crippen LogP) is 5.81. The first kappa shape index (κ1) is 18.8. The zero-order chi connectivity index (χ0) is 17.2. The molecule has 3 nitrogen and oxygen atoms in total. The van der Waals surface area contributed by atoms with Gasteiger partial charge in [0.1, 0.15) is 0 Å². The minimum atomic E-state index is 0.235. The van der Waals surface area contributed by atoms with Crippen molar-refractivity contribution in [2.24, 2.45) is 5.92 Å². The molecule has 0 N–H and O–H groups in total. The molecule has 1 saturated carbocycles. The summed E-state index contributed by atoms with van der Waals surface area (Å²) in [5.41, 5.74) is 0.747. The molecule has 0 atom stereocenters. The second-order valence-electron chi connectivity index (χ2n) is 6.91. The van der Waals surface area contributed by atoms with Crippen LogP contribution in [0.5, 0.6) is 11.5 Å². The fraction of sp³-hybridized carbons (Fsp3) is 0.667. The highest BCUT2D eigenvalue weighted by atomic mass is 16.5. The van der Waals surface area contributed by atoms with Crippen molar-refractivity contribution in [3.05, 3.63) is 23.8 Å². The number of rotatable bonds is 8. The van der Waals surface area contributed by atoms with Crippen LogP contribution in [-0.4, -0.2) is 19.5 Å². The predicted molar refractivity (Wildman–Crippen MR) is 98.2 cm³/mol. The highest BCUT2D eigenvalue weighted by Crippen LogP contribution is 2.31. The largest absolute Gasteiger partial charge is 0.493 e. The van der Waals surface area contributed by atoms with Crippen LogP contribution in [0.3, 0.4) is 0 Å². The monoisotopic (exact) mass is 332 g/mol. The minimum Gasteiger partial charge on any atom is -0.493 e. The third-order valence-corrected chi connectivity index (χ3v) is 4.94. The molecule has 1 fully saturated rings. The average molecular weight is 332 g/mol. The van der Waals surface area contributed by atoms with Crippen molar-refractivity contribution >= 4 is 5.78 Å². The molecule has 1 aromatic carbocycles. The molecular weight excluding hydrogens is 300 g/mol. The summed E-state index contributed by atoms with van der Waals surface area (Å²) in [6.45, 7) is 2.82. The van der Waals surface area contributed by atoms with Crippen molar-refractivity contribution in [3.63, 3.8) is 0 Å². The quantitative estimate of drug-likeness (QED) is 0.445. The summed E-state index contributed by atoms with van der Waals surface area (Å²) in [5.74, 6) is 2.17. The van der Waals surface area contributed by atoms with Crippen LogP contribution in [0, 0.1) is 5.92 Å². The molecule has 0 radical (unpaired) electrons. The lowest BCUT2D eigenvalue weighted by molar-refractivity contribution is 0.0953. The van der Waals surface area contributed by atoms with Crippen molar-refractivity contribution in [1.82, 2.24) is 0 Å². The van der Waals surface area contributed by atoms with Crippen molar-refractivity contribution in [1.29, 1.82) is 0 Å². The second-order valence-corrected chi connectivity index (χ2v) is 6.91. The van der Waals surface area contributed by atoms with Crippen LogP contribution in [0.15, 0.2) is 18.2 Å². The second kappa shape index (κ2) is 10.4. The molecule has 1 aliphatic carbocycles. The summed E-state index contributed by atoms with van der Waals surface area (Å²) < 4.78 is 11.2. The Hall–Kier alpha value is -1.51. The normalized spacial score (nSPS) is 16.2. The Labute approximate surface area is 146 Å². The third-order valence-electron chi connectivity index (χ3n) is 4.94. The summed E-state index contributed by atoms with van der Waals surface area (Å²) in [4.78, 5) is 12.7. The summed E-state index contributed by atoms with van der Waals surface area (Å²) in [6, 6.07) is 5.60. The lowest BCUT2D eigenvalue weighted by Crippen LogP contribution is -2.11. The number of carbonyl (C=O) groups is 1. The van der Waals surface area contributed by atoms with E-state index in [0.29, 0.717) is 24.7 Å². The van der Waals surface area contributed by atoms with Gasteiger partial charge in [0.05, 0.1) is 13.7 Å². The van der Waals surface area contributed by atoms with E-state index in [-0.39, 0.29) is 5.78 Å². The first-order valence-electron chi connectivity index (χ1n) is 9.58. The van der Waals surface area contributed by atoms with Crippen LogP contribution < -0.4 is 9.47 Å². The van der Waals surface area contributed by atoms with Crippen molar-refractivity contribution in [2.75, 3.05) is 13.7 Å². The van der Waals surface area contributed by atoms with Gasteiger partial charge in [0.15, 0.2) is 17.3 Å². The fourth-order valence-corrected chi connectivity index (χ4v) is 3.41. The van der Waals surface area contributed by atoms with E-state index in [1.807, 2.05) is 18.2 Å². The van der Waals surface area contributed by atoms with Gasteiger partial charge in [0.2, 0.25) is 0 Å². The van der Waals surface area contributed by atoms with Gasteiger partial charge in [-0.3, -0.25) is 4.79 Å². The molecule has 1 aromatic rings. The van der Waals surface area contributed by atoms with Crippen LogP contribution in [0.4, 0.5) is 0 Å². The van der Waals surface area contributed by atoms with Gasteiger partial charge in [-0.15, -0.1) is 0 Å². The highest BCUT2D eigenvalue weighted by molar-refractivity contribution is 5.96. The maximum atomic E-state index is 12.7. The number of carbonyl (C=O) groups excluding carboxylic acids is 1. The number of hydrogen-bond donors (Lipinski definition) is 0. The SMILES string of the molecule is CCCCOc1ccc(C(=O)CC2CCCCCCC2)cc1OC. The Balaban J connectivity index is 1.97. The molecular formula is C21H32O3. The van der Waals surface area contributed by atoms with Crippen LogP contribution in [-0.2, 0) is 0 Å². The summed E-state index contributed by atoms with van der Waals surface area (Å²) in [7, 11) is 1.63. The molecule has 134 valence electrons. The van der Waals surface area contributed by atoms with E-state index in [1.165, 1.54) is 44.9 Å². The molecule has 24 heavy (non-hydrogen) atoms. The lowest BCUT2D eigenvalue weighted by atomic mass is 9.86. The summed E-state index contributed by atoms with van der Waals surface area (Å²) >= 11 is 0. The van der Waals surface area contributed by atoms with E-state index in [1.54, 1.807) is 7.11 Å². The van der Waals surface area contributed by atoms with Crippen LogP contribution in [0.1, 0.15) is 81.5 Å². The molecule has 0 unspecified atom stereocenters. The molecule has 0 heterocycles. The van der Waals surface area contributed by atoms with E-state index in [0.717, 1.165) is 24.2 Å². The van der Waals surface area contributed by atoms with Crippen LogP contribution >= 0.6 is 0 Å². The number of Topliss-reactive ketones (excluding diaryl/α,β-unsaturated/α-hetero) is 1. The number of hydrogen-bond acceptors (Lipinski definition) is 3. The van der Waals surface area contributed by atoms with E-state index in [9.17, 15) is 4.79 Å². The van der Waals surface area contributed by atoms with E-state index in [2.05, 4.69) is 6.92 Å². The summed E-state index contributed by atoms with van der Waals surface area (Å²) in [6.07, 6.45) is 11.7. The third kappa shape index (κ3) is 5.85. The Morgan fingerprint density at radius 1 is 1.08 bits per heavy atom. The molecule has 0 amide bonds. The van der Waals surface area contributed by atoms with Crippen LogP contribution in [0.25, 0.3) is 0 Å². The molecule has 2 rings (SSSR count). The van der Waals surface area contributed by atoms with Crippen molar-refractivity contribution < 1.29 is 14.3 Å². The number of unbranched alkanes of at least 4 members (excludes halogenated alkanes) is 1. The van der Waals surface area contributed by atoms with Gasteiger partial charge in [-0.25, -0.2) is 0 Å². The Kier molecular flexibility index (Phi) is 8.14. The standard InChI is InChI=1S/C21H32O3/c1-3-4-14-24-20-13-12-18(16-21(20)23-2)19(22)15-17-10-8-6-5-7-9-11-17/h12-13,16-17H,3-11,14-15H2,1-2H3. The average Bonchev–Trinajstić information content (AvgIpc) is 2.57. The maximum Gasteiger partial charge on any atom is 0.163 e. The number of benzene rings is 1. The Morgan fingerprint density at radius 2 is 1.79 bits per heavy atom. The van der Waals surface area contributed by atoms with Gasteiger partial charge in [-0.1, -0.05) is 58.3 Å². The van der Waals surface area contributed by atoms with Crippen LogP contribution in [0.2, 0.25) is 0 Å². The maximum absolute atomic E-state index is 12.7. The Morgan fingerprint density at radius 3 is 2.46 bits per heavy atom. The number of ether oxygens (including phenoxy) is 2. The topological polar surface area (TPSA) is 35.5 Å². The first-order chi connectivity index (χ1) is 11.7. The number of ketones is 1. The minimum absolute atomic E-state index is 0.235. The van der Waals surface area contributed by atoms with Gasteiger partial charge in [0, 0.05) is 12.0 Å². The highest BCUT2D eigenvalue weighted by Gasteiger charge is 2.18. The number of methoxy groups -OCH3 is 1. The van der Waals surface area contributed by atoms with E-state index < -0.39 is 0 Å². The molecule has 3 heteroatoms. The summed E-state index contributed by atoms with van der Waals surface area (Å²) in [5, 5.41) is 0. The molecule has 1 aliphatic rings. The lowest BCUT2D eigenvalue weighted by Gasteiger charge is -2.19. The molecule has 0 aliphatic heterocycles. The molecule has 0 saturated heterocycles. The molecule has 0 aromatic heterocycles. The molecule has 0 spiro atoms. The zero-order valence-electron chi connectivity index (χ0n) is 15.3. The zero-order valence-corrected chi connectivity index (χ0v) is 15.3. The van der Waals surface area contributed by atoms with Gasteiger partial charge in [-0.05, 0) is 30.5 Å². The van der Waals surface area contributed by atoms with Gasteiger partial charge in [0.25, 0.3) is 0 Å². The van der Waals surface area contributed by atoms with Gasteiger partial charge >= 0.3 is 0 Å². The van der Waals surface area contributed by atoms with Crippen molar-refractivity contribution in [2.45, 2.75) is 71.1 Å². The molecule has 0 bridgehead atoms. The fourth-order valence-electron chi connectivity index (χ4n) is 3.41. The smallest absolute Gasteiger partial charge is 0.163 e. The van der Waals surface area contributed by atoms with Crippen molar-refractivity contribution in [3.8, 4) is 11.5 Å². The Bertz CT molecular complexity index is 502. The van der Waals surface area contributed by atoms with E-state index >= 15 is 0 Å². The van der Waals surface area contributed by atoms with E-state index in [4.69, 9.17) is 9.47 Å². The van der Waals surface area contributed by atoms with Gasteiger partial charge in [-0.2, -0.15) is 0 Å².